The van der Waals surface area contributed by atoms with E-state index in [0.717, 1.165) is 0 Å². The van der Waals surface area contributed by atoms with Crippen LogP contribution in [0.5, 0.6) is 0 Å². The van der Waals surface area contributed by atoms with Gasteiger partial charge in [-0.1, -0.05) is 0 Å². The van der Waals surface area contributed by atoms with E-state index >= 15 is 0 Å². The molecule has 0 saturated heterocycles. The van der Waals surface area contributed by atoms with Gasteiger partial charge in [0, 0.05) is 0 Å². The molecule has 0 aromatic heterocycles. The van der Waals surface area contributed by atoms with Crippen LogP contribution in [0.4, 0.5) is 0 Å². The maximum absolute atomic E-state index is 4.76. The zero-order valence-corrected chi connectivity index (χ0v) is 19.8. The van der Waals surface area contributed by atoms with Crippen LogP contribution in [0.15, 0.2) is 9.98 Å². The van der Waals surface area contributed by atoms with Gasteiger partial charge in [0.25, 0.3) is 0 Å². The molecule has 21 heavy (non-hydrogen) atoms. The van der Waals surface area contributed by atoms with Crippen LogP contribution in [0.2, 0.25) is 0 Å². The van der Waals surface area contributed by atoms with Crippen LogP contribution in [0.25, 0.3) is 0 Å². The van der Waals surface area contributed by atoms with Gasteiger partial charge < -0.3 is 0 Å². The maximum atomic E-state index is 4.76. The summed E-state index contributed by atoms with van der Waals surface area (Å²) in [6.45, 7) is 22.0. The van der Waals surface area contributed by atoms with Gasteiger partial charge in [0.1, 0.15) is 0 Å². The molecule has 0 amide bonds. The van der Waals surface area contributed by atoms with Crippen LogP contribution in [0.1, 0.15) is 69.2 Å². The average Bonchev–Trinajstić information content (AvgIpc) is 2.25. The monoisotopic (exact) mass is 404 g/mol. The van der Waals surface area contributed by atoms with Crippen LogP contribution in [0.3, 0.4) is 0 Å². The van der Waals surface area contributed by atoms with E-state index in [1.807, 2.05) is 0 Å². The minimum atomic E-state index is -1.38. The topological polar surface area (TPSA) is 31.2 Å². The predicted octanol–water partition coefficient (Wildman–Crippen LogP) is 3.06. The Labute approximate surface area is 143 Å². The van der Waals surface area contributed by atoms with Crippen molar-refractivity contribution >= 4 is 33.4 Å². The van der Waals surface area contributed by atoms with Crippen LogP contribution < -0.4 is 0 Å². The van der Waals surface area contributed by atoms with E-state index in [9.17, 15) is 0 Å². The average molecular weight is 403 g/mol. The molecule has 0 aromatic rings. The van der Waals surface area contributed by atoms with Crippen molar-refractivity contribution in [3.8, 4) is 0 Å². The predicted molar refractivity (Wildman–Crippen MR) is 99.0 cm³/mol. The van der Waals surface area contributed by atoms with Gasteiger partial charge in [-0.05, 0) is 0 Å². The second-order valence-corrected chi connectivity index (χ2v) is 11.5. The first-order valence-electron chi connectivity index (χ1n) is 8.18. The fourth-order valence-corrected chi connectivity index (χ4v) is 6.77. The van der Waals surface area contributed by atoms with E-state index in [1.54, 1.807) is 0 Å². The number of hydrogen-bond acceptors (Lipinski definition) is 2. The summed E-state index contributed by atoms with van der Waals surface area (Å²) >= 11 is -1.38. The molecule has 0 radical (unpaired) electrons. The molecular weight excluding hydrogens is 367 g/mol. The van der Waals surface area contributed by atoms with E-state index in [2.05, 4.69) is 75.5 Å². The number of hydrogen-bond donors (Lipinski definition) is 0. The number of nitrogens with zero attached hydrogens (tertiary/aromatic N) is 4. The van der Waals surface area contributed by atoms with Crippen molar-refractivity contribution in [3.63, 3.8) is 0 Å². The molecule has 0 atom stereocenters. The fourth-order valence-electron chi connectivity index (χ4n) is 2.34. The van der Waals surface area contributed by atoms with Crippen LogP contribution in [-0.4, -0.2) is 63.8 Å². The van der Waals surface area contributed by atoms with Crippen molar-refractivity contribution in [2.75, 3.05) is 0 Å². The summed E-state index contributed by atoms with van der Waals surface area (Å²) in [7, 11) is 0. The third kappa shape index (κ3) is 8.07. The normalized spacial score (nSPS) is 14.4. The van der Waals surface area contributed by atoms with Crippen LogP contribution in [0, 0.1) is 0 Å². The Morgan fingerprint density at radius 2 is 0.952 bits per heavy atom. The Hall–Kier alpha value is -0.261. The second-order valence-electron chi connectivity index (χ2n) is 6.81. The van der Waals surface area contributed by atoms with Crippen molar-refractivity contribution in [3.05, 3.63) is 0 Å². The molecular formula is C16H36N4Sn. The molecule has 0 rings (SSSR count). The van der Waals surface area contributed by atoms with E-state index in [4.69, 9.17) is 9.98 Å². The molecule has 0 fully saturated rings. The Morgan fingerprint density at radius 3 is 1.14 bits per heavy atom. The summed E-state index contributed by atoms with van der Waals surface area (Å²) in [5.74, 6) is 2.39. The Balaban J connectivity index is 5.27. The molecule has 5 heteroatoms. The van der Waals surface area contributed by atoms with Crippen LogP contribution >= 0.6 is 0 Å². The van der Waals surface area contributed by atoms with Crippen molar-refractivity contribution in [1.82, 2.24) is 6.24 Å². The molecule has 0 aromatic carbocycles. The molecule has 0 spiro atoms. The summed E-state index contributed by atoms with van der Waals surface area (Å²) in [6, 6.07) is 1.73. The molecule has 4 nitrogen and oxygen atoms in total. The molecule has 0 saturated carbocycles. The quantitative estimate of drug-likeness (QED) is 0.388. The second kappa shape index (κ2) is 9.69. The van der Waals surface area contributed by atoms with Crippen LogP contribution in [-0.2, 0) is 0 Å². The van der Waals surface area contributed by atoms with Crippen molar-refractivity contribution < 1.29 is 0 Å². The van der Waals surface area contributed by atoms with Gasteiger partial charge in [-0.15, -0.1) is 0 Å². The van der Waals surface area contributed by atoms with Crippen molar-refractivity contribution in [2.24, 2.45) is 9.98 Å². The van der Waals surface area contributed by atoms with Gasteiger partial charge >= 0.3 is 143 Å². The first kappa shape index (κ1) is 20.7. The van der Waals surface area contributed by atoms with Gasteiger partial charge in [0.15, 0.2) is 0 Å². The molecule has 124 valence electrons. The zero-order valence-electron chi connectivity index (χ0n) is 15.8. The first-order chi connectivity index (χ1) is 9.56. The SMILES string of the molecule is CC(=NC(C)C)[N]([SnH2][N](C(C)=NC(C)C)C(C)C)C(C)C. The molecule has 0 aliphatic heterocycles. The Morgan fingerprint density at radius 1 is 0.667 bits per heavy atom. The third-order valence-electron chi connectivity index (χ3n) is 3.27. The van der Waals surface area contributed by atoms with E-state index in [-0.39, 0.29) is 0 Å². The minimum absolute atomic E-state index is 0.357. The van der Waals surface area contributed by atoms with E-state index in [0.29, 0.717) is 24.2 Å². The summed E-state index contributed by atoms with van der Waals surface area (Å²) in [5, 5.41) is 0. The molecule has 0 N–H and O–H groups in total. The molecule has 0 heterocycles. The van der Waals surface area contributed by atoms with Gasteiger partial charge in [0.2, 0.25) is 0 Å². The Bertz CT molecular complexity index is 325. The van der Waals surface area contributed by atoms with Gasteiger partial charge in [-0.3, -0.25) is 0 Å². The standard InChI is InChI=1S/2C8H17N2.Sn.2H/c2*1-6(2)9-8(5)10-7(3)4;;;/h2*6-7H,1-5H3;;;/q2*-1;+2;;. The van der Waals surface area contributed by atoms with E-state index in [1.165, 1.54) is 11.7 Å². The van der Waals surface area contributed by atoms with Crippen molar-refractivity contribution in [1.29, 1.82) is 0 Å². The van der Waals surface area contributed by atoms with E-state index < -0.39 is 21.7 Å². The van der Waals surface area contributed by atoms with Gasteiger partial charge in [-0.25, -0.2) is 0 Å². The number of rotatable bonds is 6. The molecule has 0 aliphatic rings. The molecule has 0 unspecified atom stereocenters. The first-order valence-corrected chi connectivity index (χ1v) is 11.8. The summed E-state index contributed by atoms with van der Waals surface area (Å²) in [5.41, 5.74) is 0. The third-order valence-corrected chi connectivity index (χ3v) is 11.8. The number of aliphatic imine (C=N–C) groups is 2. The van der Waals surface area contributed by atoms with Gasteiger partial charge in [-0.2, -0.15) is 0 Å². The summed E-state index contributed by atoms with van der Waals surface area (Å²) in [6.07, 6.45) is 0. The van der Waals surface area contributed by atoms with Crippen molar-refractivity contribution in [2.45, 2.75) is 93.4 Å². The molecule has 0 bridgehead atoms. The number of amidine groups is 2. The summed E-state index contributed by atoms with van der Waals surface area (Å²) < 4.78 is 5.11. The fraction of sp³-hybridized carbons (Fsp3) is 0.875. The zero-order chi connectivity index (χ0) is 16.7. The summed E-state index contributed by atoms with van der Waals surface area (Å²) in [4.78, 5) is 9.52. The van der Waals surface area contributed by atoms with Gasteiger partial charge in [0.05, 0.1) is 0 Å². The Kier molecular flexibility index (Phi) is 9.57. The molecule has 0 aliphatic carbocycles.